The predicted molar refractivity (Wildman–Crippen MR) is 119 cm³/mol. The van der Waals surface area contributed by atoms with E-state index in [1.807, 2.05) is 25.1 Å². The van der Waals surface area contributed by atoms with Gasteiger partial charge in [-0.05, 0) is 42.7 Å². The Balaban J connectivity index is 1.73. The Morgan fingerprint density at radius 3 is 2.55 bits per heavy atom. The van der Waals surface area contributed by atoms with Crippen LogP contribution < -0.4 is 5.73 Å². The highest BCUT2D eigenvalue weighted by Crippen LogP contribution is 2.27. The minimum Gasteiger partial charge on any atom is -0.368 e. The third kappa shape index (κ3) is 3.84. The van der Waals surface area contributed by atoms with E-state index < -0.39 is 16.1 Å². The van der Waals surface area contributed by atoms with Crippen LogP contribution in [-0.2, 0) is 40.9 Å². The van der Waals surface area contributed by atoms with Gasteiger partial charge in [-0.3, -0.25) is 9.69 Å². The van der Waals surface area contributed by atoms with E-state index in [1.54, 1.807) is 18.2 Å². The second-order valence-corrected chi connectivity index (χ2v) is 10.2. The largest absolute Gasteiger partial charge is 0.368 e. The van der Waals surface area contributed by atoms with E-state index in [-0.39, 0.29) is 10.8 Å². The summed E-state index contributed by atoms with van der Waals surface area (Å²) >= 11 is 0. The van der Waals surface area contributed by atoms with Crippen LogP contribution in [0, 0.1) is 0 Å². The minimum atomic E-state index is -3.55. The smallest absolute Gasteiger partial charge is 0.242 e. The summed E-state index contributed by atoms with van der Waals surface area (Å²) in [7, 11) is -0.531. The van der Waals surface area contributed by atoms with Crippen LogP contribution in [0.25, 0.3) is 11.0 Å². The van der Waals surface area contributed by atoms with Gasteiger partial charge >= 0.3 is 0 Å². The number of amides is 1. The van der Waals surface area contributed by atoms with Gasteiger partial charge in [0, 0.05) is 27.2 Å². The van der Waals surface area contributed by atoms with Crippen LogP contribution in [0.1, 0.15) is 23.9 Å². The van der Waals surface area contributed by atoms with E-state index in [0.717, 1.165) is 16.9 Å². The highest BCUT2D eigenvalue weighted by molar-refractivity contribution is 7.89. The molecule has 2 heterocycles. The molecule has 0 radical (unpaired) electrons. The van der Waals surface area contributed by atoms with Crippen LogP contribution in [0.3, 0.4) is 0 Å². The summed E-state index contributed by atoms with van der Waals surface area (Å²) in [6.45, 7) is 3.75. The lowest BCUT2D eigenvalue weighted by Crippen LogP contribution is -2.48. The Kier molecular flexibility index (Phi) is 5.59. The standard InChI is InChI=1S/C22H27N5O3S/c1-4-27-19-10-9-17(31(29,30)25(2)3)12-18(19)24-21(27)14-26-13-16-8-6-5-7-15(16)11-20(26)22(23)28/h5-10,12,20H,4,11,13-14H2,1-3H3,(H2,23,28). The van der Waals surface area contributed by atoms with Crippen molar-refractivity contribution in [3.63, 3.8) is 0 Å². The van der Waals surface area contributed by atoms with Gasteiger partial charge in [0.1, 0.15) is 5.82 Å². The number of imidazole rings is 1. The maximum atomic E-state index is 12.5. The molecule has 0 spiro atoms. The van der Waals surface area contributed by atoms with Crippen molar-refractivity contribution in [1.82, 2.24) is 18.8 Å². The molecule has 1 unspecified atom stereocenters. The average Bonchev–Trinajstić information content (AvgIpc) is 3.09. The molecule has 1 aliphatic rings. The van der Waals surface area contributed by atoms with E-state index in [4.69, 9.17) is 10.7 Å². The molecule has 9 heteroatoms. The summed E-state index contributed by atoms with van der Waals surface area (Å²) in [5.74, 6) is 0.426. The van der Waals surface area contributed by atoms with Crippen LogP contribution in [0.2, 0.25) is 0 Å². The molecule has 8 nitrogen and oxygen atoms in total. The first-order chi connectivity index (χ1) is 14.7. The number of fused-ring (bicyclic) bond motifs is 2. The van der Waals surface area contributed by atoms with Gasteiger partial charge in [-0.2, -0.15) is 0 Å². The molecule has 0 saturated heterocycles. The van der Waals surface area contributed by atoms with Crippen LogP contribution >= 0.6 is 0 Å². The van der Waals surface area contributed by atoms with E-state index in [2.05, 4.69) is 15.5 Å². The van der Waals surface area contributed by atoms with Crippen molar-refractivity contribution in [2.75, 3.05) is 14.1 Å². The van der Waals surface area contributed by atoms with Gasteiger partial charge in [-0.25, -0.2) is 17.7 Å². The third-order valence-electron chi connectivity index (χ3n) is 5.91. The lowest BCUT2D eigenvalue weighted by Gasteiger charge is -2.34. The van der Waals surface area contributed by atoms with Gasteiger partial charge in [-0.1, -0.05) is 24.3 Å². The summed E-state index contributed by atoms with van der Waals surface area (Å²) in [5, 5.41) is 0. The molecule has 0 fully saturated rings. The quantitative estimate of drug-likeness (QED) is 0.628. The van der Waals surface area contributed by atoms with Crippen LogP contribution in [0.5, 0.6) is 0 Å². The minimum absolute atomic E-state index is 0.208. The van der Waals surface area contributed by atoms with Crippen molar-refractivity contribution in [3.8, 4) is 0 Å². The molecule has 0 bridgehead atoms. The van der Waals surface area contributed by atoms with E-state index in [0.29, 0.717) is 31.6 Å². The van der Waals surface area contributed by atoms with Crippen LogP contribution in [0.15, 0.2) is 47.4 Å². The Bertz CT molecular complexity index is 1250. The first-order valence-electron chi connectivity index (χ1n) is 10.2. The highest BCUT2D eigenvalue weighted by atomic mass is 32.2. The molecule has 4 rings (SSSR count). The number of nitrogens with two attached hydrogens (primary N) is 1. The van der Waals surface area contributed by atoms with Gasteiger partial charge in [0.05, 0.1) is 28.5 Å². The molecule has 1 aliphatic heterocycles. The zero-order chi connectivity index (χ0) is 22.3. The normalized spacial score (nSPS) is 17.2. The first-order valence-corrected chi connectivity index (χ1v) is 11.7. The number of nitrogens with zero attached hydrogens (tertiary/aromatic N) is 4. The molecule has 3 aromatic rings. The van der Waals surface area contributed by atoms with Crippen LogP contribution in [-0.4, -0.2) is 53.2 Å². The summed E-state index contributed by atoms with van der Waals surface area (Å²) in [4.78, 5) is 19.2. The second kappa shape index (κ2) is 8.07. The zero-order valence-electron chi connectivity index (χ0n) is 17.9. The summed E-state index contributed by atoms with van der Waals surface area (Å²) in [5.41, 5.74) is 9.54. The van der Waals surface area contributed by atoms with Crippen molar-refractivity contribution in [2.24, 2.45) is 5.73 Å². The van der Waals surface area contributed by atoms with Crippen molar-refractivity contribution < 1.29 is 13.2 Å². The van der Waals surface area contributed by atoms with Crippen molar-refractivity contribution in [2.45, 2.75) is 43.9 Å². The van der Waals surface area contributed by atoms with Crippen LogP contribution in [0.4, 0.5) is 0 Å². The number of primary amides is 1. The van der Waals surface area contributed by atoms with Gasteiger partial charge in [0.25, 0.3) is 0 Å². The first kappa shape index (κ1) is 21.5. The number of carbonyl (C=O) groups is 1. The predicted octanol–water partition coefficient (Wildman–Crippen LogP) is 1.72. The Labute approximate surface area is 182 Å². The molecular weight excluding hydrogens is 414 g/mol. The molecule has 2 N–H and O–H groups in total. The van der Waals surface area contributed by atoms with E-state index >= 15 is 0 Å². The number of aryl methyl sites for hydroxylation is 1. The molecule has 0 saturated carbocycles. The topological polar surface area (TPSA) is 102 Å². The zero-order valence-corrected chi connectivity index (χ0v) is 18.8. The number of hydrogen-bond acceptors (Lipinski definition) is 5. The molecule has 1 atom stereocenters. The number of rotatable bonds is 6. The highest BCUT2D eigenvalue weighted by Gasteiger charge is 2.31. The average molecular weight is 442 g/mol. The third-order valence-corrected chi connectivity index (χ3v) is 7.72. The van der Waals surface area contributed by atoms with Crippen molar-refractivity contribution in [1.29, 1.82) is 0 Å². The SMILES string of the molecule is CCn1c(CN2Cc3ccccc3CC2C(N)=O)nc2cc(S(=O)(=O)N(C)C)ccc21. The number of hydrogen-bond donors (Lipinski definition) is 1. The summed E-state index contributed by atoms with van der Waals surface area (Å²) < 4.78 is 28.3. The number of sulfonamides is 1. The number of carbonyl (C=O) groups excluding carboxylic acids is 1. The summed E-state index contributed by atoms with van der Waals surface area (Å²) in [6.07, 6.45) is 0.573. The fourth-order valence-corrected chi connectivity index (χ4v) is 5.13. The van der Waals surface area contributed by atoms with Gasteiger partial charge in [-0.15, -0.1) is 0 Å². The number of benzene rings is 2. The van der Waals surface area contributed by atoms with Gasteiger partial charge in [0.15, 0.2) is 0 Å². The van der Waals surface area contributed by atoms with Gasteiger partial charge in [0.2, 0.25) is 15.9 Å². The molecular formula is C22H27N5O3S. The molecule has 2 aromatic carbocycles. The maximum Gasteiger partial charge on any atom is 0.242 e. The summed E-state index contributed by atoms with van der Waals surface area (Å²) in [6, 6.07) is 12.7. The van der Waals surface area contributed by atoms with Crippen molar-refractivity contribution in [3.05, 3.63) is 59.4 Å². The molecule has 0 aliphatic carbocycles. The van der Waals surface area contributed by atoms with E-state index in [9.17, 15) is 13.2 Å². The maximum absolute atomic E-state index is 12.5. The molecule has 164 valence electrons. The fourth-order valence-electron chi connectivity index (χ4n) is 4.21. The monoisotopic (exact) mass is 441 g/mol. The fraction of sp³-hybridized carbons (Fsp3) is 0.364. The number of aromatic nitrogens is 2. The molecule has 1 amide bonds. The lowest BCUT2D eigenvalue weighted by molar-refractivity contribution is -0.124. The van der Waals surface area contributed by atoms with Gasteiger partial charge < -0.3 is 10.3 Å². The second-order valence-electron chi connectivity index (χ2n) is 8.01. The Morgan fingerprint density at radius 1 is 1.19 bits per heavy atom. The van der Waals surface area contributed by atoms with E-state index in [1.165, 1.54) is 24.0 Å². The molecule has 31 heavy (non-hydrogen) atoms. The van der Waals surface area contributed by atoms with Crippen molar-refractivity contribution >= 4 is 27.0 Å². The lowest BCUT2D eigenvalue weighted by atomic mass is 9.93. The molecule has 1 aromatic heterocycles. The Hall–Kier alpha value is -2.75. The Morgan fingerprint density at radius 2 is 1.90 bits per heavy atom.